The summed E-state index contributed by atoms with van der Waals surface area (Å²) in [5.41, 5.74) is 1.12. The summed E-state index contributed by atoms with van der Waals surface area (Å²) >= 11 is 1.52. The second-order valence-electron chi connectivity index (χ2n) is 7.27. The first-order valence-corrected chi connectivity index (χ1v) is 10.3. The fraction of sp³-hybridized carbons (Fsp3) is 0.526. The van der Waals surface area contributed by atoms with Gasteiger partial charge < -0.3 is 14.7 Å². The smallest absolute Gasteiger partial charge is 0.226 e. The van der Waals surface area contributed by atoms with Gasteiger partial charge >= 0.3 is 0 Å². The van der Waals surface area contributed by atoms with Crippen molar-refractivity contribution >= 4 is 23.2 Å². The third-order valence-corrected chi connectivity index (χ3v) is 6.15. The number of carbonyl (C=O) groups excluding carboxylic acids is 1. The summed E-state index contributed by atoms with van der Waals surface area (Å²) in [4.78, 5) is 27.7. The summed E-state index contributed by atoms with van der Waals surface area (Å²) in [6, 6.07) is 1.86. The highest BCUT2D eigenvalue weighted by Crippen LogP contribution is 2.27. The van der Waals surface area contributed by atoms with E-state index in [4.69, 9.17) is 0 Å². The van der Waals surface area contributed by atoms with Crippen LogP contribution in [-0.4, -0.2) is 72.0 Å². The van der Waals surface area contributed by atoms with E-state index in [0.29, 0.717) is 11.6 Å². The third kappa shape index (κ3) is 3.96. The largest absolute Gasteiger partial charge is 0.341 e. The van der Waals surface area contributed by atoms with Crippen LogP contribution in [0, 0.1) is 11.7 Å². The summed E-state index contributed by atoms with van der Waals surface area (Å²) in [6.45, 7) is 4.97. The molecule has 0 atom stereocenters. The van der Waals surface area contributed by atoms with Crippen molar-refractivity contribution in [3.63, 3.8) is 0 Å². The minimum atomic E-state index is -0.405. The van der Waals surface area contributed by atoms with Crippen LogP contribution in [0.1, 0.15) is 12.8 Å². The van der Waals surface area contributed by atoms with Crippen molar-refractivity contribution in [2.24, 2.45) is 5.92 Å². The molecule has 0 aliphatic carbocycles. The SMILES string of the molecule is CN1CCN(C(=O)C2CCN(c3ncc(F)c(-c4ccsc4)n3)CC2)CC1. The molecule has 27 heavy (non-hydrogen) atoms. The molecule has 0 radical (unpaired) electrons. The van der Waals surface area contributed by atoms with Crippen LogP contribution in [0.4, 0.5) is 10.3 Å². The first-order valence-electron chi connectivity index (χ1n) is 9.39. The van der Waals surface area contributed by atoms with Crippen LogP contribution in [-0.2, 0) is 4.79 Å². The molecular formula is C19H24FN5OS. The van der Waals surface area contributed by atoms with Crippen LogP contribution >= 0.6 is 11.3 Å². The molecule has 0 aromatic carbocycles. The van der Waals surface area contributed by atoms with Crippen molar-refractivity contribution in [1.82, 2.24) is 19.8 Å². The van der Waals surface area contributed by atoms with Gasteiger partial charge in [0.05, 0.1) is 6.20 Å². The number of thiophene rings is 1. The fourth-order valence-electron chi connectivity index (χ4n) is 3.72. The molecule has 4 rings (SSSR count). The Morgan fingerprint density at radius 3 is 2.59 bits per heavy atom. The number of nitrogens with zero attached hydrogens (tertiary/aromatic N) is 5. The maximum absolute atomic E-state index is 14.1. The van der Waals surface area contributed by atoms with Crippen LogP contribution in [0.5, 0.6) is 0 Å². The molecular weight excluding hydrogens is 365 g/mol. The standard InChI is InChI=1S/C19H24FN5OS/c1-23-7-9-24(10-8-23)18(26)14-2-5-25(6-3-14)19-21-12-16(20)17(22-19)15-4-11-27-13-15/h4,11-14H,2-3,5-10H2,1H3. The van der Waals surface area contributed by atoms with Gasteiger partial charge in [-0.25, -0.2) is 14.4 Å². The van der Waals surface area contributed by atoms with Gasteiger partial charge in [-0.05, 0) is 31.3 Å². The maximum Gasteiger partial charge on any atom is 0.226 e. The number of hydrogen-bond acceptors (Lipinski definition) is 6. The number of rotatable bonds is 3. The summed E-state index contributed by atoms with van der Waals surface area (Å²) in [7, 11) is 2.09. The average Bonchev–Trinajstić information content (AvgIpc) is 3.23. The molecule has 0 bridgehead atoms. The molecule has 0 N–H and O–H groups in total. The Morgan fingerprint density at radius 1 is 1.19 bits per heavy atom. The van der Waals surface area contributed by atoms with Gasteiger partial charge in [-0.15, -0.1) is 0 Å². The topological polar surface area (TPSA) is 52.6 Å². The number of amides is 1. The van der Waals surface area contributed by atoms with E-state index in [1.54, 1.807) is 0 Å². The number of piperidine rings is 1. The number of carbonyl (C=O) groups is 1. The molecule has 6 nitrogen and oxygen atoms in total. The Bertz CT molecular complexity index is 783. The Morgan fingerprint density at radius 2 is 1.93 bits per heavy atom. The Kier molecular flexibility index (Phi) is 5.36. The zero-order valence-corrected chi connectivity index (χ0v) is 16.3. The van der Waals surface area contributed by atoms with Crippen LogP contribution < -0.4 is 4.90 Å². The summed E-state index contributed by atoms with van der Waals surface area (Å²) in [5, 5.41) is 3.79. The van der Waals surface area contributed by atoms with Crippen molar-refractivity contribution in [3.8, 4) is 11.3 Å². The van der Waals surface area contributed by atoms with E-state index in [-0.39, 0.29) is 11.8 Å². The highest BCUT2D eigenvalue weighted by molar-refractivity contribution is 7.08. The summed E-state index contributed by atoms with van der Waals surface area (Å²) < 4.78 is 14.1. The lowest BCUT2D eigenvalue weighted by Crippen LogP contribution is -2.50. The van der Waals surface area contributed by atoms with Crippen molar-refractivity contribution in [2.45, 2.75) is 12.8 Å². The van der Waals surface area contributed by atoms with E-state index in [2.05, 4.69) is 26.8 Å². The molecule has 0 unspecified atom stereocenters. The molecule has 2 aromatic heterocycles. The third-order valence-electron chi connectivity index (χ3n) is 5.47. The van der Waals surface area contributed by atoms with Gasteiger partial charge in [0.2, 0.25) is 11.9 Å². The zero-order chi connectivity index (χ0) is 18.8. The van der Waals surface area contributed by atoms with Crippen molar-refractivity contribution in [1.29, 1.82) is 0 Å². The highest BCUT2D eigenvalue weighted by atomic mass is 32.1. The average molecular weight is 390 g/mol. The van der Waals surface area contributed by atoms with E-state index in [0.717, 1.165) is 57.7 Å². The maximum atomic E-state index is 14.1. The Labute approximate surface area is 162 Å². The molecule has 2 saturated heterocycles. The first kappa shape index (κ1) is 18.3. The fourth-order valence-corrected chi connectivity index (χ4v) is 4.36. The first-order chi connectivity index (χ1) is 13.1. The molecule has 144 valence electrons. The lowest BCUT2D eigenvalue weighted by Gasteiger charge is -2.37. The number of piperazine rings is 1. The van der Waals surface area contributed by atoms with E-state index in [9.17, 15) is 9.18 Å². The highest BCUT2D eigenvalue weighted by Gasteiger charge is 2.30. The van der Waals surface area contributed by atoms with Crippen molar-refractivity contribution in [3.05, 3.63) is 28.8 Å². The van der Waals surface area contributed by atoms with E-state index in [1.165, 1.54) is 17.5 Å². The molecule has 2 fully saturated rings. The number of hydrogen-bond donors (Lipinski definition) is 0. The van der Waals surface area contributed by atoms with Crippen LogP contribution in [0.15, 0.2) is 23.0 Å². The van der Waals surface area contributed by atoms with Gasteiger partial charge in [0, 0.05) is 56.1 Å². The minimum Gasteiger partial charge on any atom is -0.341 e. The zero-order valence-electron chi connectivity index (χ0n) is 15.5. The van der Waals surface area contributed by atoms with Gasteiger partial charge in [-0.1, -0.05) is 0 Å². The molecule has 0 spiro atoms. The molecule has 1 amide bonds. The Balaban J connectivity index is 1.39. The lowest BCUT2D eigenvalue weighted by atomic mass is 9.95. The number of likely N-dealkylation sites (N-methyl/N-ethyl adjacent to an activating group) is 1. The normalized spacial score (nSPS) is 19.5. The molecule has 2 aliphatic heterocycles. The minimum absolute atomic E-state index is 0.0708. The molecule has 2 aromatic rings. The van der Waals surface area contributed by atoms with Gasteiger partial charge in [-0.3, -0.25) is 4.79 Å². The predicted molar refractivity (Wildman–Crippen MR) is 104 cm³/mol. The predicted octanol–water partition coefficient (Wildman–Crippen LogP) is 2.33. The number of halogens is 1. The van der Waals surface area contributed by atoms with Crippen LogP contribution in [0.25, 0.3) is 11.3 Å². The van der Waals surface area contributed by atoms with Gasteiger partial charge in [0.1, 0.15) is 5.69 Å². The quantitative estimate of drug-likeness (QED) is 0.807. The molecule has 8 heteroatoms. The second kappa shape index (κ2) is 7.90. The summed E-state index contributed by atoms with van der Waals surface area (Å²) in [6.07, 6.45) is 2.83. The van der Waals surface area contributed by atoms with Gasteiger partial charge in [0.15, 0.2) is 5.82 Å². The summed E-state index contributed by atoms with van der Waals surface area (Å²) in [5.74, 6) is 0.489. The lowest BCUT2D eigenvalue weighted by molar-refractivity contribution is -0.137. The number of anilines is 1. The number of aromatic nitrogens is 2. The molecule has 4 heterocycles. The van der Waals surface area contributed by atoms with Crippen LogP contribution in [0.2, 0.25) is 0 Å². The second-order valence-corrected chi connectivity index (χ2v) is 8.05. The van der Waals surface area contributed by atoms with Crippen molar-refractivity contribution in [2.75, 3.05) is 51.2 Å². The molecule has 0 saturated carbocycles. The van der Waals surface area contributed by atoms with Crippen molar-refractivity contribution < 1.29 is 9.18 Å². The Hall–Kier alpha value is -2.06. The van der Waals surface area contributed by atoms with E-state index >= 15 is 0 Å². The van der Waals surface area contributed by atoms with Gasteiger partial charge in [0.25, 0.3) is 0 Å². The van der Waals surface area contributed by atoms with Crippen LogP contribution in [0.3, 0.4) is 0 Å². The van der Waals surface area contributed by atoms with E-state index in [1.807, 2.05) is 21.7 Å². The van der Waals surface area contributed by atoms with E-state index < -0.39 is 5.82 Å². The monoisotopic (exact) mass is 389 g/mol. The van der Waals surface area contributed by atoms with Gasteiger partial charge in [-0.2, -0.15) is 11.3 Å². The molecule has 2 aliphatic rings.